The van der Waals surface area contributed by atoms with E-state index in [2.05, 4.69) is 4.74 Å². The first kappa shape index (κ1) is 14.4. The molecule has 6 nitrogen and oxygen atoms in total. The van der Waals surface area contributed by atoms with Gasteiger partial charge in [0.1, 0.15) is 0 Å². The number of carbonyl (C=O) groups is 3. The van der Waals surface area contributed by atoms with Crippen molar-refractivity contribution in [3.8, 4) is 11.5 Å². The zero-order valence-corrected chi connectivity index (χ0v) is 10.4. The Morgan fingerprint density at radius 1 is 1.16 bits per heavy atom. The van der Waals surface area contributed by atoms with Crippen LogP contribution in [0.2, 0.25) is 0 Å². The van der Waals surface area contributed by atoms with Crippen LogP contribution in [-0.2, 0) is 14.3 Å². The highest BCUT2D eigenvalue weighted by molar-refractivity contribution is 6.47. The van der Waals surface area contributed by atoms with Gasteiger partial charge in [-0.3, -0.25) is 9.59 Å². The molecular weight excluding hydrogens is 252 g/mol. The van der Waals surface area contributed by atoms with Gasteiger partial charge < -0.3 is 14.6 Å². The molecule has 100 valence electrons. The van der Waals surface area contributed by atoms with Gasteiger partial charge in [-0.05, 0) is 24.3 Å². The number of carbonyl (C=O) groups excluding carboxylic acids is 3. The molecule has 0 aromatic heterocycles. The molecule has 1 aromatic rings. The van der Waals surface area contributed by atoms with Crippen LogP contribution in [0.5, 0.6) is 11.5 Å². The van der Waals surface area contributed by atoms with Crippen molar-refractivity contribution in [2.45, 2.75) is 0 Å². The van der Waals surface area contributed by atoms with Gasteiger partial charge >= 0.3 is 5.97 Å². The molecule has 1 aromatic carbocycles. The highest BCUT2D eigenvalue weighted by Gasteiger charge is 2.15. The van der Waals surface area contributed by atoms with Crippen LogP contribution in [0, 0.1) is 0 Å². The molecule has 0 aliphatic carbocycles. The number of ketones is 2. The van der Waals surface area contributed by atoms with Gasteiger partial charge in [0.05, 0.1) is 14.2 Å². The van der Waals surface area contributed by atoms with Crippen molar-refractivity contribution in [3.63, 3.8) is 0 Å². The van der Waals surface area contributed by atoms with Crippen molar-refractivity contribution in [1.82, 2.24) is 0 Å². The van der Waals surface area contributed by atoms with Gasteiger partial charge in [0.15, 0.2) is 11.5 Å². The number of phenols is 1. The smallest absolute Gasteiger partial charge is 0.330 e. The summed E-state index contributed by atoms with van der Waals surface area (Å²) in [5, 5.41) is 9.37. The molecule has 0 atom stereocenters. The molecule has 1 rings (SSSR count). The Kier molecular flexibility index (Phi) is 4.82. The largest absolute Gasteiger partial charge is 0.504 e. The van der Waals surface area contributed by atoms with Crippen LogP contribution in [0.1, 0.15) is 10.4 Å². The van der Waals surface area contributed by atoms with E-state index in [0.29, 0.717) is 0 Å². The van der Waals surface area contributed by atoms with Crippen LogP contribution in [0.3, 0.4) is 0 Å². The van der Waals surface area contributed by atoms with E-state index in [9.17, 15) is 19.5 Å². The van der Waals surface area contributed by atoms with E-state index in [0.717, 1.165) is 19.3 Å². The maximum atomic E-state index is 11.7. The lowest BCUT2D eigenvalue weighted by molar-refractivity contribution is -0.135. The van der Waals surface area contributed by atoms with E-state index in [1.807, 2.05) is 0 Å². The topological polar surface area (TPSA) is 89.9 Å². The molecule has 0 amide bonds. The first-order valence-corrected chi connectivity index (χ1v) is 5.21. The molecular formula is C13H12O6. The number of ether oxygens (including phenoxy) is 2. The number of benzene rings is 1. The fourth-order valence-corrected chi connectivity index (χ4v) is 1.25. The number of allylic oxidation sites excluding steroid dienone is 1. The fourth-order valence-electron chi connectivity index (χ4n) is 1.25. The Morgan fingerprint density at radius 3 is 2.42 bits per heavy atom. The molecule has 0 aliphatic heterocycles. The number of Topliss-reactive ketones (excluding diaryl/α,β-unsaturated/α-hetero) is 1. The Hall–Kier alpha value is -2.63. The summed E-state index contributed by atoms with van der Waals surface area (Å²) in [6.07, 6.45) is 1.69. The number of hydrogen-bond donors (Lipinski definition) is 1. The van der Waals surface area contributed by atoms with E-state index in [1.54, 1.807) is 0 Å². The predicted molar refractivity (Wildman–Crippen MR) is 65.2 cm³/mol. The second kappa shape index (κ2) is 6.34. The SMILES string of the molecule is COC(=O)/C=C/C(=O)C(=O)c1ccc(O)c(OC)c1. The maximum Gasteiger partial charge on any atom is 0.330 e. The third-order valence-electron chi connectivity index (χ3n) is 2.24. The number of methoxy groups -OCH3 is 2. The van der Waals surface area contributed by atoms with E-state index in [4.69, 9.17) is 4.74 Å². The van der Waals surface area contributed by atoms with Crippen LogP contribution >= 0.6 is 0 Å². The van der Waals surface area contributed by atoms with Crippen LogP contribution in [0.15, 0.2) is 30.4 Å². The summed E-state index contributed by atoms with van der Waals surface area (Å²) in [5.41, 5.74) is 0.0502. The molecule has 0 heterocycles. The molecule has 1 N–H and O–H groups in total. The molecule has 0 radical (unpaired) electrons. The second-order valence-corrected chi connectivity index (χ2v) is 3.44. The summed E-state index contributed by atoms with van der Waals surface area (Å²) in [7, 11) is 2.48. The van der Waals surface area contributed by atoms with Gasteiger partial charge in [0.2, 0.25) is 11.6 Å². The normalized spacial score (nSPS) is 10.2. The number of esters is 1. The monoisotopic (exact) mass is 264 g/mol. The zero-order chi connectivity index (χ0) is 14.4. The van der Waals surface area contributed by atoms with Gasteiger partial charge in [-0.2, -0.15) is 0 Å². The van der Waals surface area contributed by atoms with Gasteiger partial charge in [-0.25, -0.2) is 4.79 Å². The summed E-state index contributed by atoms with van der Waals surface area (Å²) in [6, 6.07) is 3.76. The molecule has 0 spiro atoms. The molecule has 19 heavy (non-hydrogen) atoms. The summed E-state index contributed by atoms with van der Waals surface area (Å²) < 4.78 is 9.12. The maximum absolute atomic E-state index is 11.7. The molecule has 0 saturated carbocycles. The quantitative estimate of drug-likeness (QED) is 0.367. The van der Waals surface area contributed by atoms with Crippen molar-refractivity contribution >= 4 is 17.5 Å². The second-order valence-electron chi connectivity index (χ2n) is 3.44. The molecule has 0 saturated heterocycles. The number of rotatable bonds is 5. The third kappa shape index (κ3) is 3.67. The minimum Gasteiger partial charge on any atom is -0.504 e. The van der Waals surface area contributed by atoms with Crippen LogP contribution < -0.4 is 4.74 Å². The molecule has 0 aliphatic rings. The van der Waals surface area contributed by atoms with Crippen molar-refractivity contribution < 1.29 is 29.0 Å². The summed E-state index contributed by atoms with van der Waals surface area (Å²) in [4.78, 5) is 34.0. The van der Waals surface area contributed by atoms with E-state index < -0.39 is 17.5 Å². The summed E-state index contributed by atoms with van der Waals surface area (Å²) in [5.74, 6) is -2.49. The van der Waals surface area contributed by atoms with Gasteiger partial charge in [0.25, 0.3) is 0 Å². The average molecular weight is 264 g/mol. The van der Waals surface area contributed by atoms with Crippen molar-refractivity contribution in [3.05, 3.63) is 35.9 Å². The molecule has 0 fully saturated rings. The van der Waals surface area contributed by atoms with E-state index in [-0.39, 0.29) is 17.1 Å². The van der Waals surface area contributed by atoms with E-state index >= 15 is 0 Å². The zero-order valence-electron chi connectivity index (χ0n) is 10.4. The number of hydrogen-bond acceptors (Lipinski definition) is 6. The van der Waals surface area contributed by atoms with Gasteiger partial charge in [-0.1, -0.05) is 0 Å². The number of phenolic OH excluding ortho intramolecular Hbond substituents is 1. The minimum atomic E-state index is -0.877. The third-order valence-corrected chi connectivity index (χ3v) is 2.24. The molecule has 6 heteroatoms. The molecule has 0 bridgehead atoms. The standard InChI is InChI=1S/C13H12O6/c1-18-11-7-8(3-4-9(11)14)13(17)10(15)5-6-12(16)19-2/h3-7,14H,1-2H3/b6-5+. The Balaban J connectivity index is 2.91. The Morgan fingerprint density at radius 2 is 1.84 bits per heavy atom. The first-order chi connectivity index (χ1) is 8.99. The van der Waals surface area contributed by atoms with Gasteiger partial charge in [0, 0.05) is 11.6 Å². The lowest BCUT2D eigenvalue weighted by Gasteiger charge is -2.04. The van der Waals surface area contributed by atoms with Crippen molar-refractivity contribution in [1.29, 1.82) is 0 Å². The first-order valence-electron chi connectivity index (χ1n) is 5.21. The molecule has 0 unspecified atom stereocenters. The van der Waals surface area contributed by atoms with E-state index in [1.165, 1.54) is 25.3 Å². The summed E-state index contributed by atoms with van der Waals surface area (Å²) >= 11 is 0. The number of aromatic hydroxyl groups is 1. The van der Waals surface area contributed by atoms with Crippen molar-refractivity contribution in [2.75, 3.05) is 14.2 Å². The lowest BCUT2D eigenvalue weighted by Crippen LogP contribution is -2.12. The highest BCUT2D eigenvalue weighted by atomic mass is 16.5. The van der Waals surface area contributed by atoms with Gasteiger partial charge in [-0.15, -0.1) is 0 Å². The Labute approximate surface area is 109 Å². The minimum absolute atomic E-state index is 0.0502. The fraction of sp³-hybridized carbons (Fsp3) is 0.154. The van der Waals surface area contributed by atoms with Crippen LogP contribution in [0.4, 0.5) is 0 Å². The predicted octanol–water partition coefficient (Wildman–Crippen LogP) is 0.882. The van der Waals surface area contributed by atoms with Crippen LogP contribution in [0.25, 0.3) is 0 Å². The Bertz CT molecular complexity index is 544. The highest BCUT2D eigenvalue weighted by Crippen LogP contribution is 2.26. The summed E-state index contributed by atoms with van der Waals surface area (Å²) in [6.45, 7) is 0. The average Bonchev–Trinajstić information content (AvgIpc) is 2.43. The lowest BCUT2D eigenvalue weighted by atomic mass is 10.1. The van der Waals surface area contributed by atoms with Crippen molar-refractivity contribution in [2.24, 2.45) is 0 Å². The van der Waals surface area contributed by atoms with Crippen LogP contribution in [-0.4, -0.2) is 36.9 Å².